The summed E-state index contributed by atoms with van der Waals surface area (Å²) >= 11 is 1.66. The van der Waals surface area contributed by atoms with Gasteiger partial charge in [-0.15, -0.1) is 11.3 Å². The number of aliphatic carboxylic acids is 1. The van der Waals surface area contributed by atoms with Gasteiger partial charge in [0.15, 0.2) is 5.13 Å². The first-order valence-corrected chi connectivity index (χ1v) is 8.27. The molecule has 0 amide bonds. The van der Waals surface area contributed by atoms with E-state index in [1.165, 1.54) is 30.6 Å². The number of aryl methyl sites for hydroxylation is 2. The summed E-state index contributed by atoms with van der Waals surface area (Å²) in [5.41, 5.74) is 1.05. The zero-order valence-electron chi connectivity index (χ0n) is 12.8. The van der Waals surface area contributed by atoms with E-state index in [1.54, 1.807) is 11.3 Å². The van der Waals surface area contributed by atoms with Crippen LogP contribution in [0.25, 0.3) is 0 Å². The molecule has 0 fully saturated rings. The van der Waals surface area contributed by atoms with Crippen LogP contribution in [-0.2, 0) is 4.79 Å². The Morgan fingerprint density at radius 1 is 1.20 bits per heavy atom. The van der Waals surface area contributed by atoms with Crippen molar-refractivity contribution in [2.24, 2.45) is 0 Å². The highest BCUT2D eigenvalue weighted by atomic mass is 32.1. The monoisotopic (exact) mass is 298 g/mol. The van der Waals surface area contributed by atoms with Crippen LogP contribution in [0.2, 0.25) is 0 Å². The van der Waals surface area contributed by atoms with Gasteiger partial charge in [-0.05, 0) is 20.3 Å². The van der Waals surface area contributed by atoms with Crippen LogP contribution < -0.4 is 4.90 Å². The minimum absolute atomic E-state index is 0.173. The number of carboxylic acids is 1. The molecule has 1 rings (SSSR count). The number of unbranched alkanes of at least 4 members (excludes halogenated alkanes) is 4. The summed E-state index contributed by atoms with van der Waals surface area (Å²) in [6.07, 6.45) is 6.28. The minimum Gasteiger partial charge on any atom is -0.481 e. The van der Waals surface area contributed by atoms with Gasteiger partial charge in [-0.25, -0.2) is 4.98 Å². The van der Waals surface area contributed by atoms with Crippen molar-refractivity contribution in [2.75, 3.05) is 18.0 Å². The van der Waals surface area contributed by atoms with Crippen molar-refractivity contribution in [3.8, 4) is 0 Å². The van der Waals surface area contributed by atoms with Crippen molar-refractivity contribution in [2.45, 2.75) is 59.3 Å². The second-order valence-corrected chi connectivity index (χ2v) is 6.36. The molecular weight excluding hydrogens is 272 g/mol. The predicted octanol–water partition coefficient (Wildman–Crippen LogP) is 4.01. The van der Waals surface area contributed by atoms with Crippen LogP contribution in [0.1, 0.15) is 56.0 Å². The summed E-state index contributed by atoms with van der Waals surface area (Å²) in [4.78, 5) is 18.7. The fourth-order valence-electron chi connectivity index (χ4n) is 2.03. The fraction of sp³-hybridized carbons (Fsp3) is 0.733. The van der Waals surface area contributed by atoms with E-state index in [-0.39, 0.29) is 6.42 Å². The topological polar surface area (TPSA) is 53.4 Å². The molecule has 1 heterocycles. The summed E-state index contributed by atoms with van der Waals surface area (Å²) in [5.74, 6) is -0.744. The van der Waals surface area contributed by atoms with Gasteiger partial charge in [-0.1, -0.05) is 32.6 Å². The van der Waals surface area contributed by atoms with Crippen LogP contribution in [0.5, 0.6) is 0 Å². The Balaban J connectivity index is 2.53. The molecule has 4 nitrogen and oxygen atoms in total. The molecule has 0 aromatic carbocycles. The van der Waals surface area contributed by atoms with Crippen molar-refractivity contribution in [3.05, 3.63) is 10.6 Å². The minimum atomic E-state index is -0.744. The van der Waals surface area contributed by atoms with Gasteiger partial charge in [0.05, 0.1) is 12.1 Å². The molecule has 20 heavy (non-hydrogen) atoms. The number of nitrogens with zero attached hydrogens (tertiary/aromatic N) is 2. The second kappa shape index (κ2) is 8.95. The van der Waals surface area contributed by atoms with E-state index >= 15 is 0 Å². The quantitative estimate of drug-likeness (QED) is 0.663. The number of anilines is 1. The molecule has 1 aromatic rings. The smallest absolute Gasteiger partial charge is 0.305 e. The number of hydrogen-bond acceptors (Lipinski definition) is 4. The Kier molecular flexibility index (Phi) is 7.59. The maximum atomic E-state index is 10.8. The number of hydrogen-bond donors (Lipinski definition) is 1. The predicted molar refractivity (Wildman–Crippen MR) is 84.8 cm³/mol. The van der Waals surface area contributed by atoms with E-state index in [4.69, 9.17) is 5.11 Å². The Labute approximate surface area is 125 Å². The molecule has 1 aromatic heterocycles. The normalized spacial score (nSPS) is 10.8. The van der Waals surface area contributed by atoms with E-state index in [1.807, 2.05) is 6.92 Å². The van der Waals surface area contributed by atoms with Crippen LogP contribution in [0, 0.1) is 13.8 Å². The van der Waals surface area contributed by atoms with E-state index in [0.29, 0.717) is 6.54 Å². The molecule has 0 unspecified atom stereocenters. The third kappa shape index (κ3) is 5.90. The summed E-state index contributed by atoms with van der Waals surface area (Å²) in [7, 11) is 0. The highest BCUT2D eigenvalue weighted by molar-refractivity contribution is 7.15. The Morgan fingerprint density at radius 2 is 1.90 bits per heavy atom. The molecule has 1 N–H and O–H groups in total. The molecule has 0 saturated carbocycles. The van der Waals surface area contributed by atoms with Gasteiger partial charge in [-0.2, -0.15) is 0 Å². The number of rotatable bonds is 10. The zero-order valence-corrected chi connectivity index (χ0v) is 13.6. The van der Waals surface area contributed by atoms with E-state index in [9.17, 15) is 4.79 Å². The lowest BCUT2D eigenvalue weighted by Crippen LogP contribution is -2.27. The standard InChI is InChI=1S/C15H26N2O2S/c1-4-5-6-7-8-10-17(11-9-14(18)19)15-16-12(2)13(3)20-15/h4-11H2,1-3H3,(H,18,19). The van der Waals surface area contributed by atoms with Gasteiger partial charge >= 0.3 is 5.97 Å². The molecule has 0 aliphatic rings. The lowest BCUT2D eigenvalue weighted by Gasteiger charge is -2.21. The van der Waals surface area contributed by atoms with Crippen molar-refractivity contribution < 1.29 is 9.90 Å². The second-order valence-electron chi connectivity index (χ2n) is 5.18. The Morgan fingerprint density at radius 3 is 2.45 bits per heavy atom. The molecule has 0 saturated heterocycles. The molecule has 114 valence electrons. The van der Waals surface area contributed by atoms with E-state index in [0.717, 1.165) is 23.8 Å². The highest BCUT2D eigenvalue weighted by Gasteiger charge is 2.13. The van der Waals surface area contributed by atoms with Gasteiger partial charge in [0.25, 0.3) is 0 Å². The van der Waals surface area contributed by atoms with Crippen LogP contribution in [-0.4, -0.2) is 29.1 Å². The first-order chi connectivity index (χ1) is 9.54. The Bertz CT molecular complexity index is 399. The summed E-state index contributed by atoms with van der Waals surface area (Å²) in [5, 5.41) is 9.84. The third-order valence-electron chi connectivity index (χ3n) is 3.41. The largest absolute Gasteiger partial charge is 0.481 e. The van der Waals surface area contributed by atoms with E-state index in [2.05, 4.69) is 23.7 Å². The maximum absolute atomic E-state index is 10.8. The first kappa shape index (κ1) is 17.0. The lowest BCUT2D eigenvalue weighted by molar-refractivity contribution is -0.136. The molecule has 0 atom stereocenters. The molecule has 5 heteroatoms. The third-order valence-corrected chi connectivity index (χ3v) is 4.55. The van der Waals surface area contributed by atoms with Gasteiger partial charge in [-0.3, -0.25) is 4.79 Å². The van der Waals surface area contributed by atoms with Gasteiger partial charge in [0.1, 0.15) is 0 Å². The molecule has 0 bridgehead atoms. The maximum Gasteiger partial charge on any atom is 0.305 e. The zero-order chi connectivity index (χ0) is 15.0. The lowest BCUT2D eigenvalue weighted by atomic mass is 10.1. The molecular formula is C15H26N2O2S. The van der Waals surface area contributed by atoms with Crippen molar-refractivity contribution in [3.63, 3.8) is 0 Å². The SMILES string of the molecule is CCCCCCCN(CCC(=O)O)c1nc(C)c(C)s1. The molecule has 0 spiro atoms. The first-order valence-electron chi connectivity index (χ1n) is 7.45. The number of carbonyl (C=O) groups is 1. The van der Waals surface area contributed by atoms with Crippen LogP contribution in [0.3, 0.4) is 0 Å². The van der Waals surface area contributed by atoms with Crippen molar-refractivity contribution >= 4 is 22.4 Å². The summed E-state index contributed by atoms with van der Waals surface area (Å²) in [6, 6.07) is 0. The van der Waals surface area contributed by atoms with Gasteiger partial charge in [0.2, 0.25) is 0 Å². The number of carboxylic acid groups (broad SMARTS) is 1. The molecule has 0 radical (unpaired) electrons. The van der Waals surface area contributed by atoms with Crippen molar-refractivity contribution in [1.29, 1.82) is 0 Å². The summed E-state index contributed by atoms with van der Waals surface area (Å²) < 4.78 is 0. The van der Waals surface area contributed by atoms with Crippen LogP contribution in [0.15, 0.2) is 0 Å². The average molecular weight is 298 g/mol. The average Bonchev–Trinajstić information content (AvgIpc) is 2.72. The fourth-order valence-corrected chi connectivity index (χ4v) is 2.99. The highest BCUT2D eigenvalue weighted by Crippen LogP contribution is 2.25. The molecule has 0 aliphatic carbocycles. The number of aromatic nitrogens is 1. The molecule has 0 aliphatic heterocycles. The van der Waals surface area contributed by atoms with E-state index < -0.39 is 5.97 Å². The van der Waals surface area contributed by atoms with Crippen LogP contribution >= 0.6 is 11.3 Å². The van der Waals surface area contributed by atoms with Gasteiger partial charge in [0, 0.05) is 18.0 Å². The Hall–Kier alpha value is -1.10. The van der Waals surface area contributed by atoms with Crippen LogP contribution in [0.4, 0.5) is 5.13 Å². The van der Waals surface area contributed by atoms with Crippen molar-refractivity contribution in [1.82, 2.24) is 4.98 Å². The van der Waals surface area contributed by atoms with Gasteiger partial charge < -0.3 is 10.0 Å². The summed E-state index contributed by atoms with van der Waals surface area (Å²) in [6.45, 7) is 7.73. The number of thiazole rings is 1.